The van der Waals surface area contributed by atoms with Crippen molar-refractivity contribution in [3.63, 3.8) is 0 Å². The van der Waals surface area contributed by atoms with E-state index in [9.17, 15) is 4.79 Å². The van der Waals surface area contributed by atoms with Gasteiger partial charge in [-0.3, -0.25) is 4.79 Å². The lowest BCUT2D eigenvalue weighted by atomic mass is 10.0. The van der Waals surface area contributed by atoms with Crippen molar-refractivity contribution >= 4 is 5.91 Å². The molecule has 0 aliphatic carbocycles. The number of ether oxygens (including phenoxy) is 2. The van der Waals surface area contributed by atoms with Crippen LogP contribution in [0.4, 0.5) is 0 Å². The van der Waals surface area contributed by atoms with Gasteiger partial charge in [0.1, 0.15) is 6.07 Å². The molecule has 0 heterocycles. The summed E-state index contributed by atoms with van der Waals surface area (Å²) in [5.41, 5.74) is 4.73. The Labute approximate surface area is 160 Å². The maximum atomic E-state index is 12.2. The van der Waals surface area contributed by atoms with Crippen molar-refractivity contribution in [2.24, 2.45) is 0 Å². The number of carbonyl (C=O) groups is 1. The van der Waals surface area contributed by atoms with Crippen LogP contribution in [0.2, 0.25) is 0 Å². The maximum absolute atomic E-state index is 12.2. The van der Waals surface area contributed by atoms with Crippen molar-refractivity contribution in [2.45, 2.75) is 33.1 Å². The third-order valence-electron chi connectivity index (χ3n) is 4.42. The van der Waals surface area contributed by atoms with Gasteiger partial charge < -0.3 is 14.8 Å². The molecule has 1 amide bonds. The van der Waals surface area contributed by atoms with Gasteiger partial charge in [-0.2, -0.15) is 5.26 Å². The number of benzene rings is 2. The third kappa shape index (κ3) is 6.34. The van der Waals surface area contributed by atoms with Crippen LogP contribution < -0.4 is 14.8 Å². The van der Waals surface area contributed by atoms with Crippen LogP contribution in [0.1, 0.15) is 28.7 Å². The van der Waals surface area contributed by atoms with E-state index < -0.39 is 0 Å². The van der Waals surface area contributed by atoms with Gasteiger partial charge in [0.25, 0.3) is 0 Å². The molecule has 2 rings (SSSR count). The Morgan fingerprint density at radius 1 is 1.07 bits per heavy atom. The zero-order chi connectivity index (χ0) is 19.6. The lowest BCUT2D eigenvalue weighted by molar-refractivity contribution is -0.120. The topological polar surface area (TPSA) is 71.3 Å². The molecule has 1 N–H and O–H groups in total. The first-order chi connectivity index (χ1) is 13.0. The number of nitriles is 1. The van der Waals surface area contributed by atoms with E-state index in [1.165, 1.54) is 23.8 Å². The number of hydrogen-bond donors (Lipinski definition) is 1. The van der Waals surface area contributed by atoms with Crippen molar-refractivity contribution < 1.29 is 14.3 Å². The molecule has 0 radical (unpaired) electrons. The summed E-state index contributed by atoms with van der Waals surface area (Å²) in [5.74, 6) is 0.990. The molecule has 142 valence electrons. The molecule has 5 nitrogen and oxygen atoms in total. The van der Waals surface area contributed by atoms with Crippen LogP contribution in [0, 0.1) is 25.2 Å². The van der Waals surface area contributed by atoms with Gasteiger partial charge in [-0.25, -0.2) is 0 Å². The first-order valence-corrected chi connectivity index (χ1v) is 9.03. The zero-order valence-corrected chi connectivity index (χ0v) is 16.2. The molecule has 0 aliphatic heterocycles. The molecule has 0 unspecified atom stereocenters. The monoisotopic (exact) mass is 366 g/mol. The van der Waals surface area contributed by atoms with Gasteiger partial charge in [-0.15, -0.1) is 0 Å². The van der Waals surface area contributed by atoms with Gasteiger partial charge in [0.2, 0.25) is 5.91 Å². The molecular formula is C22H26N2O3. The highest BCUT2D eigenvalue weighted by atomic mass is 16.5. The van der Waals surface area contributed by atoms with Gasteiger partial charge in [-0.1, -0.05) is 24.3 Å². The summed E-state index contributed by atoms with van der Waals surface area (Å²) in [6.45, 7) is 4.82. The normalized spacial score (nSPS) is 10.1. The number of nitrogens with one attached hydrogen (secondary N) is 1. The van der Waals surface area contributed by atoms with Crippen molar-refractivity contribution in [3.8, 4) is 17.6 Å². The highest BCUT2D eigenvalue weighted by molar-refractivity contribution is 5.78. The minimum Gasteiger partial charge on any atom is -0.493 e. The second-order valence-corrected chi connectivity index (χ2v) is 6.48. The predicted octanol–water partition coefficient (Wildman–Crippen LogP) is 3.51. The second-order valence-electron chi connectivity index (χ2n) is 6.48. The number of aryl methyl sites for hydroxylation is 3. The SMILES string of the molecule is COc1cc(CC(=O)NCCCc2ccc(C)c(C)c2)ccc1OCC#N. The van der Waals surface area contributed by atoms with E-state index in [4.69, 9.17) is 14.7 Å². The Bertz CT molecular complexity index is 825. The van der Waals surface area contributed by atoms with Gasteiger partial charge in [0.15, 0.2) is 18.1 Å². The van der Waals surface area contributed by atoms with Gasteiger partial charge in [0, 0.05) is 6.54 Å². The Kier molecular flexibility index (Phi) is 7.69. The maximum Gasteiger partial charge on any atom is 0.224 e. The molecule has 0 aliphatic rings. The Balaban J connectivity index is 1.79. The smallest absolute Gasteiger partial charge is 0.224 e. The van der Waals surface area contributed by atoms with E-state index in [1.54, 1.807) is 12.1 Å². The minimum atomic E-state index is -0.0449. The first kappa shape index (κ1) is 20.3. The van der Waals surface area contributed by atoms with Crippen LogP contribution in [0.5, 0.6) is 11.5 Å². The summed E-state index contributed by atoms with van der Waals surface area (Å²) < 4.78 is 10.6. The number of amides is 1. The molecule has 0 bridgehead atoms. The summed E-state index contributed by atoms with van der Waals surface area (Å²) in [5, 5.41) is 11.6. The molecule has 2 aromatic carbocycles. The first-order valence-electron chi connectivity index (χ1n) is 9.03. The fraction of sp³-hybridized carbons (Fsp3) is 0.364. The Morgan fingerprint density at radius 3 is 2.56 bits per heavy atom. The summed E-state index contributed by atoms with van der Waals surface area (Å²) in [4.78, 5) is 12.2. The predicted molar refractivity (Wildman–Crippen MR) is 105 cm³/mol. The summed E-state index contributed by atoms with van der Waals surface area (Å²) in [6, 6.07) is 13.7. The van der Waals surface area contributed by atoms with Gasteiger partial charge in [0.05, 0.1) is 13.5 Å². The number of hydrogen-bond acceptors (Lipinski definition) is 4. The number of methoxy groups -OCH3 is 1. The summed E-state index contributed by atoms with van der Waals surface area (Å²) in [6.07, 6.45) is 2.12. The lowest BCUT2D eigenvalue weighted by Crippen LogP contribution is -2.26. The highest BCUT2D eigenvalue weighted by Crippen LogP contribution is 2.28. The molecule has 0 aromatic heterocycles. The van der Waals surface area contributed by atoms with Crippen LogP contribution in [-0.4, -0.2) is 26.2 Å². The van der Waals surface area contributed by atoms with Crippen LogP contribution >= 0.6 is 0 Å². The standard InChI is InChI=1S/C22H26N2O3/c1-16-6-7-18(13-17(16)2)5-4-11-24-22(25)15-19-8-9-20(27-12-10-23)21(14-19)26-3/h6-9,13-14H,4-5,11-12,15H2,1-3H3,(H,24,25). The summed E-state index contributed by atoms with van der Waals surface area (Å²) in [7, 11) is 1.53. The third-order valence-corrected chi connectivity index (χ3v) is 4.42. The van der Waals surface area contributed by atoms with Crippen molar-refractivity contribution in [3.05, 3.63) is 58.7 Å². The second kappa shape index (κ2) is 10.2. The zero-order valence-electron chi connectivity index (χ0n) is 16.2. The minimum absolute atomic E-state index is 0.0252. The van der Waals surface area contributed by atoms with Crippen LogP contribution in [0.25, 0.3) is 0 Å². The number of nitrogens with zero attached hydrogens (tertiary/aromatic N) is 1. The van der Waals surface area contributed by atoms with E-state index >= 15 is 0 Å². The fourth-order valence-corrected chi connectivity index (χ4v) is 2.78. The lowest BCUT2D eigenvalue weighted by Gasteiger charge is -2.11. The molecular weight excluding hydrogens is 340 g/mol. The fourth-order valence-electron chi connectivity index (χ4n) is 2.78. The summed E-state index contributed by atoms with van der Waals surface area (Å²) >= 11 is 0. The quantitative estimate of drug-likeness (QED) is 0.690. The molecule has 5 heteroatoms. The van der Waals surface area contributed by atoms with Gasteiger partial charge >= 0.3 is 0 Å². The van der Waals surface area contributed by atoms with Crippen molar-refractivity contribution in [1.82, 2.24) is 5.32 Å². The van der Waals surface area contributed by atoms with E-state index in [1.807, 2.05) is 12.1 Å². The van der Waals surface area contributed by atoms with Crippen molar-refractivity contribution in [1.29, 1.82) is 5.26 Å². The van der Waals surface area contributed by atoms with Crippen LogP contribution in [-0.2, 0) is 17.6 Å². The average Bonchev–Trinajstić information content (AvgIpc) is 2.66. The van der Waals surface area contributed by atoms with Gasteiger partial charge in [-0.05, 0) is 61.1 Å². The number of rotatable bonds is 9. The molecule has 0 atom stereocenters. The van der Waals surface area contributed by atoms with Crippen molar-refractivity contribution in [2.75, 3.05) is 20.3 Å². The Hall–Kier alpha value is -3.00. The molecule has 0 saturated heterocycles. The Morgan fingerprint density at radius 2 is 1.85 bits per heavy atom. The number of carbonyl (C=O) groups excluding carboxylic acids is 1. The molecule has 0 saturated carbocycles. The largest absolute Gasteiger partial charge is 0.493 e. The average molecular weight is 366 g/mol. The molecule has 27 heavy (non-hydrogen) atoms. The van der Waals surface area contributed by atoms with E-state index in [2.05, 4.69) is 37.4 Å². The highest BCUT2D eigenvalue weighted by Gasteiger charge is 2.09. The van der Waals surface area contributed by atoms with E-state index in [0.717, 1.165) is 18.4 Å². The molecule has 2 aromatic rings. The van der Waals surface area contributed by atoms with Crippen LogP contribution in [0.3, 0.4) is 0 Å². The molecule has 0 spiro atoms. The molecule has 0 fully saturated rings. The van der Waals surface area contributed by atoms with Crippen LogP contribution in [0.15, 0.2) is 36.4 Å². The van der Waals surface area contributed by atoms with E-state index in [0.29, 0.717) is 18.0 Å². The van der Waals surface area contributed by atoms with E-state index in [-0.39, 0.29) is 18.9 Å².